The van der Waals surface area contributed by atoms with Crippen LogP contribution in [0, 0.1) is 5.82 Å². The van der Waals surface area contributed by atoms with Gasteiger partial charge in [0.15, 0.2) is 0 Å². The number of hydrogen-bond acceptors (Lipinski definition) is 4. The van der Waals surface area contributed by atoms with Crippen molar-refractivity contribution in [2.45, 2.75) is 24.8 Å². The SMILES string of the molecule is CC(C)n1cc(S(=O)(=O)N2CCN(c3ccc(F)cc3)CC2)c(-c2ccccc2)n1. The van der Waals surface area contributed by atoms with E-state index in [2.05, 4.69) is 10.00 Å². The van der Waals surface area contributed by atoms with E-state index < -0.39 is 10.0 Å². The number of anilines is 1. The van der Waals surface area contributed by atoms with Gasteiger partial charge >= 0.3 is 0 Å². The summed E-state index contributed by atoms with van der Waals surface area (Å²) in [4.78, 5) is 2.30. The van der Waals surface area contributed by atoms with Gasteiger partial charge in [-0.25, -0.2) is 12.8 Å². The molecule has 158 valence electrons. The molecule has 0 amide bonds. The zero-order valence-corrected chi connectivity index (χ0v) is 17.9. The fourth-order valence-corrected chi connectivity index (χ4v) is 5.17. The van der Waals surface area contributed by atoms with E-state index in [0.717, 1.165) is 11.3 Å². The number of sulfonamides is 1. The quantitative estimate of drug-likeness (QED) is 0.621. The number of halogens is 1. The first-order valence-corrected chi connectivity index (χ1v) is 11.5. The van der Waals surface area contributed by atoms with E-state index in [1.165, 1.54) is 16.4 Å². The van der Waals surface area contributed by atoms with Gasteiger partial charge in [0.05, 0.1) is 0 Å². The highest BCUT2D eigenvalue weighted by Gasteiger charge is 2.33. The first-order chi connectivity index (χ1) is 14.4. The maximum atomic E-state index is 13.5. The molecule has 30 heavy (non-hydrogen) atoms. The van der Waals surface area contributed by atoms with Crippen molar-refractivity contribution in [2.24, 2.45) is 0 Å². The molecular formula is C22H25FN4O2S. The van der Waals surface area contributed by atoms with E-state index in [4.69, 9.17) is 0 Å². The van der Waals surface area contributed by atoms with Gasteiger partial charge in [0.2, 0.25) is 10.0 Å². The van der Waals surface area contributed by atoms with Crippen LogP contribution >= 0.6 is 0 Å². The van der Waals surface area contributed by atoms with Crippen molar-refractivity contribution < 1.29 is 12.8 Å². The molecule has 1 aliphatic heterocycles. The van der Waals surface area contributed by atoms with Gasteiger partial charge in [0.1, 0.15) is 16.4 Å². The van der Waals surface area contributed by atoms with Crippen LogP contribution in [0.1, 0.15) is 19.9 Å². The molecule has 6 nitrogen and oxygen atoms in total. The van der Waals surface area contributed by atoms with Crippen molar-refractivity contribution in [3.63, 3.8) is 0 Å². The highest BCUT2D eigenvalue weighted by molar-refractivity contribution is 7.89. The van der Waals surface area contributed by atoms with Gasteiger partial charge in [0.25, 0.3) is 0 Å². The Morgan fingerprint density at radius 2 is 1.57 bits per heavy atom. The molecule has 0 aliphatic carbocycles. The van der Waals surface area contributed by atoms with Crippen molar-refractivity contribution >= 4 is 15.7 Å². The Balaban J connectivity index is 1.60. The van der Waals surface area contributed by atoms with E-state index in [1.54, 1.807) is 23.0 Å². The third-order valence-corrected chi connectivity index (χ3v) is 7.22. The van der Waals surface area contributed by atoms with Crippen LogP contribution in [0.15, 0.2) is 65.7 Å². The van der Waals surface area contributed by atoms with Crippen LogP contribution in [-0.4, -0.2) is 48.7 Å². The van der Waals surface area contributed by atoms with Crippen LogP contribution in [0.25, 0.3) is 11.3 Å². The van der Waals surface area contributed by atoms with Gasteiger partial charge in [-0.3, -0.25) is 4.68 Å². The smallest absolute Gasteiger partial charge is 0.246 e. The highest BCUT2D eigenvalue weighted by atomic mass is 32.2. The lowest BCUT2D eigenvalue weighted by molar-refractivity contribution is 0.385. The largest absolute Gasteiger partial charge is 0.369 e. The normalized spacial score (nSPS) is 15.7. The summed E-state index contributed by atoms with van der Waals surface area (Å²) in [5.74, 6) is -0.282. The molecule has 2 heterocycles. The fraction of sp³-hybridized carbons (Fsp3) is 0.318. The molecule has 0 atom stereocenters. The lowest BCUT2D eigenvalue weighted by Crippen LogP contribution is -2.48. The van der Waals surface area contributed by atoms with E-state index in [-0.39, 0.29) is 16.8 Å². The number of nitrogens with zero attached hydrogens (tertiary/aromatic N) is 4. The van der Waals surface area contributed by atoms with Crippen LogP contribution in [0.5, 0.6) is 0 Å². The second-order valence-electron chi connectivity index (χ2n) is 7.65. The summed E-state index contributed by atoms with van der Waals surface area (Å²) in [6.07, 6.45) is 1.63. The summed E-state index contributed by atoms with van der Waals surface area (Å²) >= 11 is 0. The number of rotatable bonds is 5. The predicted molar refractivity (Wildman–Crippen MR) is 115 cm³/mol. The monoisotopic (exact) mass is 428 g/mol. The second kappa shape index (κ2) is 8.20. The highest BCUT2D eigenvalue weighted by Crippen LogP contribution is 2.30. The summed E-state index contributed by atoms with van der Waals surface area (Å²) in [6, 6.07) is 15.7. The van der Waals surface area contributed by atoms with Crippen LogP contribution < -0.4 is 4.90 Å². The third kappa shape index (κ3) is 3.97. The van der Waals surface area contributed by atoms with Gasteiger partial charge in [-0.2, -0.15) is 9.40 Å². The van der Waals surface area contributed by atoms with Crippen LogP contribution in [0.4, 0.5) is 10.1 Å². The summed E-state index contributed by atoms with van der Waals surface area (Å²) < 4.78 is 43.4. The average Bonchev–Trinajstić information content (AvgIpc) is 3.22. The molecule has 1 aliphatic rings. The Kier molecular flexibility index (Phi) is 5.62. The Bertz CT molecular complexity index is 1100. The molecule has 0 unspecified atom stereocenters. The topological polar surface area (TPSA) is 58.4 Å². The zero-order chi connectivity index (χ0) is 21.3. The van der Waals surface area contributed by atoms with Gasteiger partial charge in [-0.1, -0.05) is 30.3 Å². The minimum absolute atomic E-state index is 0.0479. The molecule has 1 fully saturated rings. The second-order valence-corrected chi connectivity index (χ2v) is 9.56. The predicted octanol–water partition coefficient (Wildman–Crippen LogP) is 3.78. The maximum Gasteiger partial charge on any atom is 0.246 e. The summed E-state index contributed by atoms with van der Waals surface area (Å²) in [5.41, 5.74) is 2.15. The minimum Gasteiger partial charge on any atom is -0.369 e. The number of aromatic nitrogens is 2. The first kappa shape index (κ1) is 20.6. The summed E-state index contributed by atoms with van der Waals surface area (Å²) in [6.45, 7) is 5.76. The van der Waals surface area contributed by atoms with Gasteiger partial charge in [0, 0.05) is 49.7 Å². The molecular weight excluding hydrogens is 403 g/mol. The van der Waals surface area contributed by atoms with Crippen LogP contribution in [0.2, 0.25) is 0 Å². The van der Waals surface area contributed by atoms with Gasteiger partial charge < -0.3 is 4.90 Å². The molecule has 4 rings (SSSR count). The van der Waals surface area contributed by atoms with Crippen molar-refractivity contribution in [1.29, 1.82) is 0 Å². The van der Waals surface area contributed by atoms with Crippen LogP contribution in [0.3, 0.4) is 0 Å². The average molecular weight is 429 g/mol. The van der Waals surface area contributed by atoms with Crippen molar-refractivity contribution in [1.82, 2.24) is 14.1 Å². The Hall–Kier alpha value is -2.71. The Labute approximate surface area is 176 Å². The first-order valence-electron chi connectivity index (χ1n) is 10.0. The molecule has 0 radical (unpaired) electrons. The lowest BCUT2D eigenvalue weighted by Gasteiger charge is -2.35. The molecule has 2 aromatic carbocycles. The molecule has 0 bridgehead atoms. The van der Waals surface area contributed by atoms with Gasteiger partial charge in [-0.05, 0) is 38.1 Å². The maximum absolute atomic E-state index is 13.5. The molecule has 1 saturated heterocycles. The molecule has 8 heteroatoms. The van der Waals surface area contributed by atoms with Crippen molar-refractivity contribution in [2.75, 3.05) is 31.1 Å². The molecule has 3 aromatic rings. The van der Waals surface area contributed by atoms with Crippen molar-refractivity contribution in [3.05, 3.63) is 66.6 Å². The molecule has 1 aromatic heterocycles. The minimum atomic E-state index is -3.70. The standard InChI is InChI=1S/C22H25FN4O2S/c1-17(2)27-16-21(22(24-27)18-6-4-3-5-7-18)30(28,29)26-14-12-25(13-15-26)20-10-8-19(23)9-11-20/h3-11,16-17H,12-15H2,1-2H3. The van der Waals surface area contributed by atoms with Gasteiger partial charge in [-0.15, -0.1) is 0 Å². The number of hydrogen-bond donors (Lipinski definition) is 0. The lowest BCUT2D eigenvalue weighted by atomic mass is 10.2. The number of piperazine rings is 1. The summed E-state index contributed by atoms with van der Waals surface area (Å²) in [5, 5.41) is 4.58. The van der Waals surface area contributed by atoms with E-state index in [0.29, 0.717) is 31.9 Å². The third-order valence-electron chi connectivity index (χ3n) is 5.32. The fourth-order valence-electron chi connectivity index (χ4n) is 3.60. The van der Waals surface area contributed by atoms with E-state index >= 15 is 0 Å². The Morgan fingerprint density at radius 3 is 2.17 bits per heavy atom. The Morgan fingerprint density at radius 1 is 0.933 bits per heavy atom. The van der Waals surface area contributed by atoms with E-state index in [1.807, 2.05) is 44.2 Å². The molecule has 0 N–H and O–H groups in total. The van der Waals surface area contributed by atoms with Crippen molar-refractivity contribution in [3.8, 4) is 11.3 Å². The zero-order valence-electron chi connectivity index (χ0n) is 17.1. The number of benzene rings is 2. The van der Waals surface area contributed by atoms with E-state index in [9.17, 15) is 12.8 Å². The summed E-state index contributed by atoms with van der Waals surface area (Å²) in [7, 11) is -3.70. The van der Waals surface area contributed by atoms with Crippen LogP contribution in [-0.2, 0) is 10.0 Å². The molecule has 0 saturated carbocycles. The molecule has 0 spiro atoms.